The van der Waals surface area contributed by atoms with Gasteiger partial charge in [0.25, 0.3) is 0 Å². The molecule has 8 heteroatoms. The number of amides is 2. The highest BCUT2D eigenvalue weighted by molar-refractivity contribution is 5.83. The van der Waals surface area contributed by atoms with E-state index in [0.29, 0.717) is 36.4 Å². The maximum atomic E-state index is 14.0. The second-order valence-corrected chi connectivity index (χ2v) is 15.1. The second kappa shape index (κ2) is 15.4. The molecule has 8 nitrogen and oxygen atoms in total. The fourth-order valence-electron chi connectivity index (χ4n) is 9.72. The van der Waals surface area contributed by atoms with Crippen LogP contribution in [0.3, 0.4) is 0 Å². The molecule has 0 bridgehead atoms. The molecule has 3 aliphatic heterocycles. The number of morpholine rings is 1. The number of hydrogen-bond acceptors (Lipinski definition) is 6. The van der Waals surface area contributed by atoms with E-state index < -0.39 is 0 Å². The third kappa shape index (κ3) is 8.14. The normalized spacial score (nSPS) is 40.3. The number of carbonyl (C=O) groups excluding carboxylic acids is 2. The van der Waals surface area contributed by atoms with Crippen LogP contribution in [0, 0.1) is 47.3 Å². The molecule has 3 heterocycles. The van der Waals surface area contributed by atoms with Gasteiger partial charge in [-0.05, 0) is 100 Å². The molecule has 5 fully saturated rings. The van der Waals surface area contributed by atoms with Crippen molar-refractivity contribution in [1.82, 2.24) is 20.4 Å². The van der Waals surface area contributed by atoms with E-state index in [0.717, 1.165) is 83.6 Å². The minimum absolute atomic E-state index is 0.0000911. The van der Waals surface area contributed by atoms with Crippen LogP contribution in [0.2, 0.25) is 0 Å². The van der Waals surface area contributed by atoms with Gasteiger partial charge in [-0.15, -0.1) is 0 Å². The fourth-order valence-corrected chi connectivity index (χ4v) is 9.72. The van der Waals surface area contributed by atoms with Gasteiger partial charge < -0.3 is 20.1 Å². The van der Waals surface area contributed by atoms with Crippen LogP contribution in [0.15, 0.2) is 0 Å². The highest BCUT2D eigenvalue weighted by Gasteiger charge is 2.46. The first kappa shape index (κ1) is 33.2. The van der Waals surface area contributed by atoms with Crippen molar-refractivity contribution in [3.63, 3.8) is 0 Å². The van der Waals surface area contributed by atoms with Gasteiger partial charge in [0.2, 0.25) is 11.8 Å². The Labute approximate surface area is 261 Å². The molecule has 43 heavy (non-hydrogen) atoms. The zero-order chi connectivity index (χ0) is 30.5. The van der Waals surface area contributed by atoms with E-state index in [1.54, 1.807) is 0 Å². The van der Waals surface area contributed by atoms with Gasteiger partial charge in [-0.25, -0.2) is 0 Å². The van der Waals surface area contributed by atoms with Gasteiger partial charge in [0.15, 0.2) is 0 Å². The zero-order valence-electron chi connectivity index (χ0n) is 27.9. The number of nitrogens with one attached hydrogen (secondary N) is 2. The van der Waals surface area contributed by atoms with Crippen molar-refractivity contribution in [2.45, 2.75) is 104 Å². The number of carbonyl (C=O) groups is 2. The maximum Gasteiger partial charge on any atom is 0.225 e. The van der Waals surface area contributed by atoms with Crippen molar-refractivity contribution in [3.8, 4) is 0 Å². The van der Waals surface area contributed by atoms with Gasteiger partial charge in [0, 0.05) is 63.4 Å². The molecule has 0 radical (unpaired) electrons. The Balaban J connectivity index is 1.27. The Hall–Kier alpha value is -1.22. The predicted molar refractivity (Wildman–Crippen MR) is 171 cm³/mol. The van der Waals surface area contributed by atoms with Crippen LogP contribution in [0.1, 0.15) is 86.0 Å². The van der Waals surface area contributed by atoms with Crippen LogP contribution >= 0.6 is 0 Å². The number of nitrogens with zero attached hydrogens (tertiary/aromatic N) is 2. The van der Waals surface area contributed by atoms with E-state index in [1.807, 2.05) is 0 Å². The lowest BCUT2D eigenvalue weighted by Crippen LogP contribution is -2.56. The number of rotatable bonds is 9. The Morgan fingerprint density at radius 2 is 1.63 bits per heavy atom. The van der Waals surface area contributed by atoms with Crippen LogP contribution in [0.5, 0.6) is 0 Å². The van der Waals surface area contributed by atoms with Crippen LogP contribution < -0.4 is 10.6 Å². The first-order valence-electron chi connectivity index (χ1n) is 18.0. The lowest BCUT2D eigenvalue weighted by molar-refractivity contribution is -0.133. The van der Waals surface area contributed by atoms with E-state index in [-0.39, 0.29) is 35.6 Å². The first-order valence-corrected chi connectivity index (χ1v) is 18.0. The fraction of sp³-hybridized carbons (Fsp3) is 0.943. The summed E-state index contributed by atoms with van der Waals surface area (Å²) < 4.78 is 11.3. The van der Waals surface area contributed by atoms with Crippen molar-refractivity contribution in [2.75, 3.05) is 59.2 Å². The lowest BCUT2D eigenvalue weighted by atomic mass is 9.62. The molecule has 10 atom stereocenters. The van der Waals surface area contributed by atoms with Crippen molar-refractivity contribution >= 4 is 11.8 Å². The van der Waals surface area contributed by atoms with Gasteiger partial charge >= 0.3 is 0 Å². The molecular weight excluding hydrogens is 540 g/mol. The highest BCUT2D eigenvalue weighted by Crippen LogP contribution is 2.47. The highest BCUT2D eigenvalue weighted by atomic mass is 16.5. The van der Waals surface area contributed by atoms with Gasteiger partial charge in [-0.3, -0.25) is 19.4 Å². The lowest BCUT2D eigenvalue weighted by Gasteiger charge is -2.51. The quantitative estimate of drug-likeness (QED) is 0.412. The molecule has 246 valence electrons. The molecule has 0 aromatic rings. The van der Waals surface area contributed by atoms with Gasteiger partial charge in [0.1, 0.15) is 0 Å². The molecule has 0 aromatic carbocycles. The summed E-state index contributed by atoms with van der Waals surface area (Å²) in [5.41, 5.74) is 0. The van der Waals surface area contributed by atoms with Gasteiger partial charge in [0.05, 0.1) is 19.1 Å². The zero-order valence-corrected chi connectivity index (χ0v) is 27.9. The van der Waals surface area contributed by atoms with Gasteiger partial charge in [-0.1, -0.05) is 27.7 Å². The van der Waals surface area contributed by atoms with Crippen LogP contribution in [-0.4, -0.2) is 98.9 Å². The SMILES string of the molecule is CCN(C1CCOCC1)C1CC(C2CCC(CN3CCOCC3)C(C)C2)CC(C(=O)NCC2C(=O)NC(C)CC2C)C1C. The molecule has 2 N–H and O–H groups in total. The summed E-state index contributed by atoms with van der Waals surface area (Å²) in [6.07, 6.45) is 9.24. The molecular formula is C35H62N4O4. The van der Waals surface area contributed by atoms with Gasteiger partial charge in [-0.2, -0.15) is 0 Å². The average molecular weight is 603 g/mol. The second-order valence-electron chi connectivity index (χ2n) is 15.1. The summed E-state index contributed by atoms with van der Waals surface area (Å²) in [5.74, 6) is 3.48. The topological polar surface area (TPSA) is 83.1 Å². The summed E-state index contributed by atoms with van der Waals surface area (Å²) in [6.45, 7) is 19.7. The molecule has 3 saturated heterocycles. The van der Waals surface area contributed by atoms with Crippen molar-refractivity contribution in [3.05, 3.63) is 0 Å². The van der Waals surface area contributed by atoms with E-state index in [1.165, 1.54) is 32.2 Å². The van der Waals surface area contributed by atoms with Crippen molar-refractivity contribution < 1.29 is 19.1 Å². The summed E-state index contributed by atoms with van der Waals surface area (Å²) >= 11 is 0. The average Bonchev–Trinajstić information content (AvgIpc) is 3.00. The third-order valence-electron chi connectivity index (χ3n) is 12.4. The molecule has 2 aliphatic carbocycles. The summed E-state index contributed by atoms with van der Waals surface area (Å²) in [4.78, 5) is 32.2. The Bertz CT molecular complexity index is 906. The van der Waals surface area contributed by atoms with Crippen molar-refractivity contribution in [2.24, 2.45) is 47.3 Å². The molecule has 2 saturated carbocycles. The van der Waals surface area contributed by atoms with Crippen LogP contribution in [0.4, 0.5) is 0 Å². The standard InChI is InChI=1S/C35H62N4O4/c1-6-39(30-9-13-42-14-10-30)33-20-29(27-7-8-28(23(2)18-27)22-38-11-15-43-16-12-38)19-31(26(33)5)34(40)36-21-32-24(3)17-25(4)37-35(32)41/h23-33H,6-22H2,1-5H3,(H,36,40)(H,37,41). The predicted octanol–water partition coefficient (Wildman–Crippen LogP) is 4.18. The smallest absolute Gasteiger partial charge is 0.225 e. The van der Waals surface area contributed by atoms with Crippen LogP contribution in [-0.2, 0) is 19.1 Å². The third-order valence-corrected chi connectivity index (χ3v) is 12.4. The monoisotopic (exact) mass is 602 g/mol. The Morgan fingerprint density at radius 1 is 0.907 bits per heavy atom. The molecule has 10 unspecified atom stereocenters. The largest absolute Gasteiger partial charge is 0.381 e. The molecule has 5 rings (SSSR count). The van der Waals surface area contributed by atoms with E-state index in [4.69, 9.17) is 9.47 Å². The van der Waals surface area contributed by atoms with E-state index in [9.17, 15) is 9.59 Å². The Morgan fingerprint density at radius 3 is 2.30 bits per heavy atom. The molecule has 2 amide bonds. The van der Waals surface area contributed by atoms with E-state index in [2.05, 4.69) is 55.1 Å². The minimum Gasteiger partial charge on any atom is -0.381 e. The summed E-state index contributed by atoms with van der Waals surface area (Å²) in [5, 5.41) is 6.42. The molecule has 0 spiro atoms. The van der Waals surface area contributed by atoms with E-state index >= 15 is 0 Å². The summed E-state index contributed by atoms with van der Waals surface area (Å²) in [7, 11) is 0. The molecule has 0 aromatic heterocycles. The molecule has 5 aliphatic rings. The Kier molecular flexibility index (Phi) is 11.9. The number of ether oxygens (including phenoxy) is 2. The van der Waals surface area contributed by atoms with Crippen LogP contribution in [0.25, 0.3) is 0 Å². The number of piperidine rings is 1. The summed E-state index contributed by atoms with van der Waals surface area (Å²) in [6, 6.07) is 1.18. The number of hydrogen-bond donors (Lipinski definition) is 2. The first-order chi connectivity index (χ1) is 20.7. The van der Waals surface area contributed by atoms with Crippen molar-refractivity contribution in [1.29, 1.82) is 0 Å². The minimum atomic E-state index is -0.136. The maximum absolute atomic E-state index is 14.0.